The summed E-state index contributed by atoms with van der Waals surface area (Å²) >= 11 is 6.78. The van der Waals surface area contributed by atoms with E-state index in [0.29, 0.717) is 11.0 Å². The van der Waals surface area contributed by atoms with E-state index in [1.165, 1.54) is 11.3 Å². The quantitative estimate of drug-likeness (QED) is 0.758. The highest BCUT2D eigenvalue weighted by atomic mass is 35.5. The van der Waals surface area contributed by atoms with Gasteiger partial charge in [0.25, 0.3) is 0 Å². The Hall–Kier alpha value is -0.680. The first kappa shape index (κ1) is 9.41. The number of amides is 1. The van der Waals surface area contributed by atoms with Crippen LogP contribution in [0.2, 0.25) is 0 Å². The van der Waals surface area contributed by atoms with Crippen molar-refractivity contribution in [1.82, 2.24) is 10.2 Å². The third-order valence-corrected chi connectivity index (χ3v) is 2.34. The first-order chi connectivity index (χ1) is 5.74. The molecule has 1 atom stereocenters. The number of alkyl halides is 1. The molecule has 0 fully saturated rings. The molecule has 12 heavy (non-hydrogen) atoms. The van der Waals surface area contributed by atoms with Crippen molar-refractivity contribution in [1.29, 1.82) is 0 Å². The van der Waals surface area contributed by atoms with Crippen LogP contribution in [0.5, 0.6) is 0 Å². The molecule has 0 aromatic carbocycles. The molecule has 0 spiro atoms. The summed E-state index contributed by atoms with van der Waals surface area (Å²) in [5, 5.41) is 10.4. The van der Waals surface area contributed by atoms with Gasteiger partial charge in [0, 0.05) is 11.8 Å². The van der Waals surface area contributed by atoms with Crippen LogP contribution >= 0.6 is 22.9 Å². The van der Waals surface area contributed by atoms with Gasteiger partial charge in [-0.3, -0.25) is 4.79 Å². The van der Waals surface area contributed by atoms with Gasteiger partial charge >= 0.3 is 0 Å². The van der Waals surface area contributed by atoms with Crippen LogP contribution in [0.25, 0.3) is 0 Å². The molecule has 1 unspecified atom stereocenters. The second-order valence-corrected chi connectivity index (χ2v) is 3.43. The van der Waals surface area contributed by atoms with Gasteiger partial charge in [-0.2, -0.15) is 0 Å². The number of nitrogens with one attached hydrogen (secondary N) is 1. The van der Waals surface area contributed by atoms with Crippen LogP contribution in [0, 0.1) is 5.92 Å². The third kappa shape index (κ3) is 2.42. The van der Waals surface area contributed by atoms with E-state index in [0.717, 1.165) is 0 Å². The van der Waals surface area contributed by atoms with Gasteiger partial charge in [-0.25, -0.2) is 0 Å². The lowest BCUT2D eigenvalue weighted by molar-refractivity contribution is -0.118. The number of halogens is 1. The largest absolute Gasteiger partial charge is 0.300 e. The summed E-state index contributed by atoms with van der Waals surface area (Å²) in [6.45, 7) is 1.75. The van der Waals surface area contributed by atoms with Crippen molar-refractivity contribution in [2.75, 3.05) is 11.2 Å². The highest BCUT2D eigenvalue weighted by molar-refractivity contribution is 7.13. The lowest BCUT2D eigenvalue weighted by Gasteiger charge is -2.04. The second kappa shape index (κ2) is 4.37. The Kier molecular flexibility index (Phi) is 3.43. The molecule has 1 aromatic heterocycles. The maximum absolute atomic E-state index is 11.2. The molecule has 0 radical (unpaired) electrons. The van der Waals surface area contributed by atoms with Crippen molar-refractivity contribution < 1.29 is 4.79 Å². The van der Waals surface area contributed by atoms with E-state index in [1.54, 1.807) is 12.4 Å². The van der Waals surface area contributed by atoms with E-state index in [1.807, 2.05) is 0 Å². The highest BCUT2D eigenvalue weighted by Crippen LogP contribution is 2.10. The van der Waals surface area contributed by atoms with Gasteiger partial charge in [-0.05, 0) is 0 Å². The minimum atomic E-state index is -0.199. The minimum Gasteiger partial charge on any atom is -0.300 e. The smallest absolute Gasteiger partial charge is 0.230 e. The Morgan fingerprint density at radius 2 is 2.67 bits per heavy atom. The molecule has 66 valence electrons. The number of nitrogens with zero attached hydrogens (tertiary/aromatic N) is 2. The molecule has 1 N–H and O–H groups in total. The van der Waals surface area contributed by atoms with Crippen LogP contribution in [0.15, 0.2) is 5.51 Å². The summed E-state index contributed by atoms with van der Waals surface area (Å²) in [4.78, 5) is 11.2. The fraction of sp³-hybridized carbons (Fsp3) is 0.500. The fourth-order valence-electron chi connectivity index (χ4n) is 0.526. The lowest BCUT2D eigenvalue weighted by Crippen LogP contribution is -2.21. The van der Waals surface area contributed by atoms with Gasteiger partial charge in [-0.15, -0.1) is 21.8 Å². The van der Waals surface area contributed by atoms with Gasteiger partial charge in [0.15, 0.2) is 0 Å². The zero-order valence-corrected chi connectivity index (χ0v) is 8.02. The predicted molar refractivity (Wildman–Crippen MR) is 48.4 cm³/mol. The molecule has 1 amide bonds. The molecule has 1 heterocycles. The number of rotatable bonds is 3. The first-order valence-electron chi connectivity index (χ1n) is 3.37. The van der Waals surface area contributed by atoms with Crippen molar-refractivity contribution in [2.45, 2.75) is 6.92 Å². The molecule has 0 aliphatic rings. The Balaban J connectivity index is 2.47. The molecule has 0 aliphatic heterocycles. The predicted octanol–water partition coefficient (Wildman–Crippen LogP) is 1.35. The molecule has 6 heteroatoms. The molecule has 0 aliphatic carbocycles. The zero-order chi connectivity index (χ0) is 8.97. The van der Waals surface area contributed by atoms with E-state index in [2.05, 4.69) is 15.5 Å². The van der Waals surface area contributed by atoms with Gasteiger partial charge in [0.05, 0.1) is 0 Å². The lowest BCUT2D eigenvalue weighted by atomic mass is 10.2. The number of hydrogen-bond donors (Lipinski definition) is 1. The molecule has 1 rings (SSSR count). The number of aromatic nitrogens is 2. The summed E-state index contributed by atoms with van der Waals surface area (Å²) < 4.78 is 0. The van der Waals surface area contributed by atoms with Crippen LogP contribution in [-0.4, -0.2) is 22.0 Å². The molecular formula is C6H8ClN3OS. The van der Waals surface area contributed by atoms with E-state index in [9.17, 15) is 4.79 Å². The fourth-order valence-corrected chi connectivity index (χ4v) is 1.11. The van der Waals surface area contributed by atoms with Gasteiger partial charge in [0.1, 0.15) is 5.51 Å². The Morgan fingerprint density at radius 1 is 1.92 bits per heavy atom. The van der Waals surface area contributed by atoms with Crippen molar-refractivity contribution in [2.24, 2.45) is 5.92 Å². The van der Waals surface area contributed by atoms with Crippen molar-refractivity contribution in [3.63, 3.8) is 0 Å². The average molecular weight is 206 g/mol. The number of carbonyl (C=O) groups is 1. The second-order valence-electron chi connectivity index (χ2n) is 2.29. The van der Waals surface area contributed by atoms with Crippen LogP contribution < -0.4 is 5.32 Å². The van der Waals surface area contributed by atoms with E-state index in [4.69, 9.17) is 11.6 Å². The minimum absolute atomic E-state index is 0.123. The molecular weight excluding hydrogens is 198 g/mol. The molecule has 0 bridgehead atoms. The maximum atomic E-state index is 11.2. The van der Waals surface area contributed by atoms with Crippen LogP contribution in [0.3, 0.4) is 0 Å². The molecule has 0 saturated heterocycles. The number of anilines is 1. The van der Waals surface area contributed by atoms with Gasteiger partial charge in [-0.1, -0.05) is 18.3 Å². The summed E-state index contributed by atoms with van der Waals surface area (Å²) in [6.07, 6.45) is 0. The number of carbonyl (C=O) groups excluding carboxylic acids is 1. The maximum Gasteiger partial charge on any atom is 0.230 e. The Bertz CT molecular complexity index is 251. The van der Waals surface area contributed by atoms with Crippen molar-refractivity contribution in [3.05, 3.63) is 5.51 Å². The Morgan fingerprint density at radius 3 is 3.17 bits per heavy atom. The van der Waals surface area contributed by atoms with Crippen LogP contribution in [0.1, 0.15) is 6.92 Å². The normalized spacial score (nSPS) is 12.5. The third-order valence-electron chi connectivity index (χ3n) is 1.27. The van der Waals surface area contributed by atoms with E-state index >= 15 is 0 Å². The summed E-state index contributed by atoms with van der Waals surface area (Å²) in [7, 11) is 0. The summed E-state index contributed by atoms with van der Waals surface area (Å²) in [5.41, 5.74) is 1.56. The van der Waals surface area contributed by atoms with Crippen LogP contribution in [-0.2, 0) is 4.79 Å². The number of hydrogen-bond acceptors (Lipinski definition) is 4. The first-order valence-corrected chi connectivity index (χ1v) is 4.78. The molecule has 1 aromatic rings. The average Bonchev–Trinajstić information content (AvgIpc) is 2.55. The van der Waals surface area contributed by atoms with Crippen LogP contribution in [0.4, 0.5) is 5.13 Å². The monoisotopic (exact) mass is 205 g/mol. The standard InChI is InChI=1S/C6H8ClN3OS/c1-4(2-7)5(11)9-6-10-8-3-12-6/h3-4H,2H2,1H3,(H,9,10,11). The molecule has 4 nitrogen and oxygen atoms in total. The topological polar surface area (TPSA) is 54.9 Å². The van der Waals surface area contributed by atoms with Crippen molar-refractivity contribution >= 4 is 34.0 Å². The zero-order valence-electron chi connectivity index (χ0n) is 6.45. The summed E-state index contributed by atoms with van der Waals surface area (Å²) in [6, 6.07) is 0. The SMILES string of the molecule is CC(CCl)C(=O)Nc1nncs1. The van der Waals surface area contributed by atoms with Gasteiger partial charge < -0.3 is 5.32 Å². The van der Waals surface area contributed by atoms with Gasteiger partial charge in [0.2, 0.25) is 11.0 Å². The highest BCUT2D eigenvalue weighted by Gasteiger charge is 2.12. The van der Waals surface area contributed by atoms with Crippen molar-refractivity contribution in [3.8, 4) is 0 Å². The Labute approximate surface area is 79.0 Å². The van der Waals surface area contributed by atoms with E-state index < -0.39 is 0 Å². The summed E-state index contributed by atoms with van der Waals surface area (Å²) in [5.74, 6) is -0.0118. The molecule has 0 saturated carbocycles. The van der Waals surface area contributed by atoms with E-state index in [-0.39, 0.29) is 11.8 Å².